The van der Waals surface area contributed by atoms with Crippen LogP contribution in [0.25, 0.3) is 0 Å². The number of unbranched alkanes of at least 4 members (excludes halogenated alkanes) is 18. The number of carbonyl (C=O) groups excluding carboxylic acids is 3. The van der Waals surface area contributed by atoms with Crippen molar-refractivity contribution in [3.05, 3.63) is 122 Å². The average Bonchev–Trinajstić information content (AvgIpc) is 3.35. The Balaban J connectivity index is 4.31. The summed E-state index contributed by atoms with van der Waals surface area (Å²) in [7, 11) is 0. The Bertz CT molecular complexity index is 1470. The highest BCUT2D eigenvalue weighted by molar-refractivity contribution is 5.71. The summed E-state index contributed by atoms with van der Waals surface area (Å²) in [5.74, 6) is -0.948. The van der Waals surface area contributed by atoms with Crippen molar-refractivity contribution in [2.45, 2.75) is 245 Å². The lowest BCUT2D eigenvalue weighted by Gasteiger charge is -2.18. The van der Waals surface area contributed by atoms with Gasteiger partial charge in [-0.25, -0.2) is 0 Å². The highest BCUT2D eigenvalue weighted by atomic mass is 16.6. The van der Waals surface area contributed by atoms with Crippen LogP contribution in [-0.2, 0) is 28.6 Å². The van der Waals surface area contributed by atoms with Gasteiger partial charge in [-0.2, -0.15) is 0 Å². The van der Waals surface area contributed by atoms with E-state index < -0.39 is 6.10 Å². The zero-order chi connectivity index (χ0) is 50.0. The second kappa shape index (κ2) is 56.4. The fourth-order valence-corrected chi connectivity index (χ4v) is 7.18. The SMILES string of the molecule is CC/C=C\C/C=C\C/C=C\C/C=C\C/C=C\C/C=C\C/C=C\C/C=C\CCCCCCC(=O)OCC(COC(=O)CCCCCCC/C=C\CCCC)OC(=O)CCCCCCC/C=C\CCCC. The Labute approximate surface area is 424 Å². The first kappa shape index (κ1) is 64.8. The van der Waals surface area contributed by atoms with E-state index in [-0.39, 0.29) is 31.1 Å². The van der Waals surface area contributed by atoms with Gasteiger partial charge >= 0.3 is 17.9 Å². The summed E-state index contributed by atoms with van der Waals surface area (Å²) in [6, 6.07) is 0. The fourth-order valence-electron chi connectivity index (χ4n) is 7.18. The largest absolute Gasteiger partial charge is 0.462 e. The lowest BCUT2D eigenvalue weighted by molar-refractivity contribution is -0.167. The number of allylic oxidation sites excluding steroid dienone is 20. The molecule has 1 atom stereocenters. The summed E-state index contributed by atoms with van der Waals surface area (Å²) in [4.78, 5) is 38.0. The maximum absolute atomic E-state index is 12.8. The molecule has 0 bridgehead atoms. The van der Waals surface area contributed by atoms with Crippen LogP contribution in [-0.4, -0.2) is 37.2 Å². The van der Waals surface area contributed by atoms with Gasteiger partial charge in [0.2, 0.25) is 0 Å². The molecule has 0 fully saturated rings. The molecule has 69 heavy (non-hydrogen) atoms. The van der Waals surface area contributed by atoms with Crippen LogP contribution in [0.4, 0.5) is 0 Å². The molecular weight excluding hydrogens is 853 g/mol. The minimum Gasteiger partial charge on any atom is -0.462 e. The molecule has 0 spiro atoms. The van der Waals surface area contributed by atoms with Crippen LogP contribution in [0.2, 0.25) is 0 Å². The van der Waals surface area contributed by atoms with Gasteiger partial charge in [0.15, 0.2) is 6.10 Å². The van der Waals surface area contributed by atoms with E-state index in [2.05, 4.69) is 142 Å². The highest BCUT2D eigenvalue weighted by Gasteiger charge is 2.19. The normalized spacial score (nSPS) is 13.0. The minimum atomic E-state index is -0.798. The van der Waals surface area contributed by atoms with Gasteiger partial charge in [-0.3, -0.25) is 14.4 Å². The summed E-state index contributed by atoms with van der Waals surface area (Å²) in [5, 5.41) is 0. The Morgan fingerprint density at radius 3 is 0.899 bits per heavy atom. The molecule has 6 heteroatoms. The smallest absolute Gasteiger partial charge is 0.306 e. The first-order valence-electron chi connectivity index (χ1n) is 28.0. The van der Waals surface area contributed by atoms with Crippen molar-refractivity contribution in [3.8, 4) is 0 Å². The molecule has 390 valence electrons. The summed E-state index contributed by atoms with van der Waals surface area (Å²) in [5.41, 5.74) is 0. The first-order valence-corrected chi connectivity index (χ1v) is 28.0. The number of rotatable bonds is 49. The number of hydrogen-bond acceptors (Lipinski definition) is 6. The molecule has 0 aromatic rings. The van der Waals surface area contributed by atoms with Crippen LogP contribution in [0.15, 0.2) is 122 Å². The molecule has 0 rings (SSSR count). The van der Waals surface area contributed by atoms with E-state index in [1.54, 1.807) is 0 Å². The lowest BCUT2D eigenvalue weighted by atomic mass is 10.1. The molecule has 0 radical (unpaired) electrons. The molecule has 6 nitrogen and oxygen atoms in total. The minimum absolute atomic E-state index is 0.0964. The Morgan fingerprint density at radius 1 is 0.304 bits per heavy atom. The lowest BCUT2D eigenvalue weighted by Crippen LogP contribution is -2.30. The molecule has 0 aliphatic carbocycles. The Hall–Kier alpha value is -4.19. The van der Waals surface area contributed by atoms with E-state index in [0.717, 1.165) is 148 Å². The fraction of sp³-hybridized carbons (Fsp3) is 0.635. The van der Waals surface area contributed by atoms with Gasteiger partial charge in [0.1, 0.15) is 13.2 Å². The van der Waals surface area contributed by atoms with Gasteiger partial charge in [-0.1, -0.05) is 219 Å². The van der Waals surface area contributed by atoms with Crippen LogP contribution < -0.4 is 0 Å². The molecule has 1 unspecified atom stereocenters. The maximum atomic E-state index is 12.8. The third-order valence-electron chi connectivity index (χ3n) is 11.4. The average molecular weight is 956 g/mol. The third kappa shape index (κ3) is 54.6. The standard InChI is InChI=1S/C63H102O6/c1-4-7-10-13-16-19-22-23-24-25-26-27-28-29-30-31-32-33-34-35-36-37-38-39-42-44-47-50-53-56-62(65)68-59-60(69-63(66)57-54-51-48-45-41-21-18-15-12-9-6-3)58-67-61(64)55-52-49-46-43-40-20-17-14-11-8-5-2/h7,10,14-19,23-24,26-27,29-30,32-33,35-36,38-39,60H,4-6,8-9,11-13,20-22,25,28,31,34,37,40-59H2,1-3H3/b10-7-,17-14-,18-15-,19-16-,24-23-,27-26-,30-29-,33-32-,36-35-,39-38-. The predicted octanol–water partition coefficient (Wildman–Crippen LogP) is 18.9. The third-order valence-corrected chi connectivity index (χ3v) is 11.4. The van der Waals surface area contributed by atoms with Gasteiger partial charge in [0.25, 0.3) is 0 Å². The van der Waals surface area contributed by atoms with Gasteiger partial charge in [-0.05, 0) is 122 Å². The van der Waals surface area contributed by atoms with Crippen molar-refractivity contribution in [2.75, 3.05) is 13.2 Å². The van der Waals surface area contributed by atoms with Gasteiger partial charge in [0.05, 0.1) is 0 Å². The van der Waals surface area contributed by atoms with Gasteiger partial charge in [-0.15, -0.1) is 0 Å². The van der Waals surface area contributed by atoms with E-state index >= 15 is 0 Å². The van der Waals surface area contributed by atoms with Crippen LogP contribution in [0.3, 0.4) is 0 Å². The maximum Gasteiger partial charge on any atom is 0.306 e. The first-order chi connectivity index (χ1) is 34.0. The summed E-state index contributed by atoms with van der Waals surface area (Å²) >= 11 is 0. The molecule has 0 N–H and O–H groups in total. The van der Waals surface area contributed by atoms with E-state index in [1.807, 2.05) is 0 Å². The van der Waals surface area contributed by atoms with Crippen LogP contribution >= 0.6 is 0 Å². The summed E-state index contributed by atoms with van der Waals surface area (Å²) < 4.78 is 16.7. The van der Waals surface area contributed by atoms with Crippen LogP contribution in [0.5, 0.6) is 0 Å². The van der Waals surface area contributed by atoms with Crippen molar-refractivity contribution in [1.82, 2.24) is 0 Å². The molecular formula is C63H102O6. The van der Waals surface area contributed by atoms with Crippen molar-refractivity contribution >= 4 is 17.9 Å². The monoisotopic (exact) mass is 955 g/mol. The number of hydrogen-bond donors (Lipinski definition) is 0. The number of esters is 3. The Morgan fingerprint density at radius 2 is 0.565 bits per heavy atom. The van der Waals surface area contributed by atoms with Crippen molar-refractivity contribution in [1.29, 1.82) is 0 Å². The Kier molecular flexibility index (Phi) is 53.0. The quantitative estimate of drug-likeness (QED) is 0.0262. The second-order valence-corrected chi connectivity index (χ2v) is 18.1. The van der Waals surface area contributed by atoms with Gasteiger partial charge in [0, 0.05) is 19.3 Å². The molecule has 0 heterocycles. The molecule has 0 aromatic heterocycles. The molecule has 0 saturated heterocycles. The van der Waals surface area contributed by atoms with E-state index in [0.29, 0.717) is 19.3 Å². The van der Waals surface area contributed by atoms with E-state index in [9.17, 15) is 14.4 Å². The topological polar surface area (TPSA) is 78.9 Å². The summed E-state index contributed by atoms with van der Waals surface area (Å²) in [6.07, 6.45) is 77.7. The molecule has 0 aliphatic heterocycles. The van der Waals surface area contributed by atoms with E-state index in [4.69, 9.17) is 14.2 Å². The van der Waals surface area contributed by atoms with Crippen molar-refractivity contribution in [2.24, 2.45) is 0 Å². The molecule has 0 aliphatic rings. The predicted molar refractivity (Wildman–Crippen MR) is 297 cm³/mol. The molecule has 0 aromatic carbocycles. The summed E-state index contributed by atoms with van der Waals surface area (Å²) in [6.45, 7) is 6.39. The number of carbonyl (C=O) groups is 3. The molecule has 0 amide bonds. The number of ether oxygens (including phenoxy) is 3. The highest BCUT2D eigenvalue weighted by Crippen LogP contribution is 2.13. The zero-order valence-corrected chi connectivity index (χ0v) is 44.5. The van der Waals surface area contributed by atoms with Crippen LogP contribution in [0, 0.1) is 0 Å². The van der Waals surface area contributed by atoms with Crippen LogP contribution in [0.1, 0.15) is 239 Å². The second-order valence-electron chi connectivity index (χ2n) is 18.1. The van der Waals surface area contributed by atoms with Crippen molar-refractivity contribution < 1.29 is 28.6 Å². The molecule has 0 saturated carbocycles. The van der Waals surface area contributed by atoms with Crippen molar-refractivity contribution in [3.63, 3.8) is 0 Å². The zero-order valence-electron chi connectivity index (χ0n) is 44.5. The van der Waals surface area contributed by atoms with Gasteiger partial charge < -0.3 is 14.2 Å². The van der Waals surface area contributed by atoms with E-state index in [1.165, 1.54) is 51.4 Å².